The van der Waals surface area contributed by atoms with Crippen molar-refractivity contribution in [3.8, 4) is 0 Å². The van der Waals surface area contributed by atoms with E-state index in [1.807, 2.05) is 0 Å². The van der Waals surface area contributed by atoms with Crippen molar-refractivity contribution < 1.29 is 9.90 Å². The standard InChI is InChI=1S/C8H14N4O2/c1-12-5-6(9)7(11-12)8(14)10-3-2-4-13/h5,13H,2-4,9H2,1H3,(H,10,14). The van der Waals surface area contributed by atoms with Gasteiger partial charge in [-0.1, -0.05) is 0 Å². The smallest absolute Gasteiger partial charge is 0.273 e. The minimum Gasteiger partial charge on any atom is -0.396 e. The van der Waals surface area contributed by atoms with Crippen LogP contribution in [0.5, 0.6) is 0 Å². The first-order chi connectivity index (χ1) is 6.65. The van der Waals surface area contributed by atoms with Crippen LogP contribution in [0.2, 0.25) is 0 Å². The molecule has 0 saturated heterocycles. The molecule has 78 valence electrons. The van der Waals surface area contributed by atoms with E-state index < -0.39 is 0 Å². The zero-order valence-corrected chi connectivity index (χ0v) is 8.03. The first-order valence-electron chi connectivity index (χ1n) is 4.33. The van der Waals surface area contributed by atoms with Gasteiger partial charge in [-0.3, -0.25) is 9.48 Å². The predicted molar refractivity (Wildman–Crippen MR) is 51.7 cm³/mol. The number of nitrogens with zero attached hydrogens (tertiary/aromatic N) is 2. The zero-order valence-electron chi connectivity index (χ0n) is 8.03. The largest absolute Gasteiger partial charge is 0.396 e. The van der Waals surface area contributed by atoms with E-state index in [0.717, 1.165) is 0 Å². The number of nitrogens with two attached hydrogens (primary N) is 1. The van der Waals surface area contributed by atoms with Gasteiger partial charge in [0.2, 0.25) is 0 Å². The Bertz CT molecular complexity index is 321. The van der Waals surface area contributed by atoms with Gasteiger partial charge >= 0.3 is 0 Å². The topological polar surface area (TPSA) is 93.2 Å². The molecule has 1 amide bonds. The molecule has 6 heteroatoms. The average molecular weight is 198 g/mol. The number of aryl methyl sites for hydroxylation is 1. The Morgan fingerprint density at radius 2 is 2.50 bits per heavy atom. The van der Waals surface area contributed by atoms with Crippen LogP contribution in [0.3, 0.4) is 0 Å². The second-order valence-corrected chi connectivity index (χ2v) is 2.94. The van der Waals surface area contributed by atoms with Crippen molar-refractivity contribution in [3.63, 3.8) is 0 Å². The lowest BCUT2D eigenvalue weighted by Gasteiger charge is -2.01. The summed E-state index contributed by atoms with van der Waals surface area (Å²) in [6.45, 7) is 0.476. The van der Waals surface area contributed by atoms with E-state index in [-0.39, 0.29) is 18.2 Å². The number of anilines is 1. The number of aliphatic hydroxyl groups is 1. The molecule has 1 aromatic heterocycles. The van der Waals surface area contributed by atoms with Crippen molar-refractivity contribution in [3.05, 3.63) is 11.9 Å². The van der Waals surface area contributed by atoms with Crippen LogP contribution >= 0.6 is 0 Å². The monoisotopic (exact) mass is 198 g/mol. The lowest BCUT2D eigenvalue weighted by Crippen LogP contribution is -2.26. The summed E-state index contributed by atoms with van der Waals surface area (Å²) in [5.74, 6) is -0.309. The normalized spacial score (nSPS) is 10.1. The van der Waals surface area contributed by atoms with Crippen LogP contribution < -0.4 is 11.1 Å². The van der Waals surface area contributed by atoms with Gasteiger partial charge in [-0.05, 0) is 6.42 Å². The van der Waals surface area contributed by atoms with Crippen molar-refractivity contribution in [2.75, 3.05) is 18.9 Å². The number of amides is 1. The van der Waals surface area contributed by atoms with Crippen molar-refractivity contribution in [1.29, 1.82) is 0 Å². The average Bonchev–Trinajstić information content (AvgIpc) is 2.45. The van der Waals surface area contributed by atoms with Gasteiger partial charge in [0, 0.05) is 26.4 Å². The summed E-state index contributed by atoms with van der Waals surface area (Å²) in [5.41, 5.74) is 6.14. The van der Waals surface area contributed by atoms with Gasteiger partial charge in [-0.2, -0.15) is 5.10 Å². The molecule has 0 atom stereocenters. The molecule has 14 heavy (non-hydrogen) atoms. The fourth-order valence-electron chi connectivity index (χ4n) is 1.05. The second-order valence-electron chi connectivity index (χ2n) is 2.94. The summed E-state index contributed by atoms with van der Waals surface area (Å²) in [5, 5.41) is 15.0. The third-order valence-electron chi connectivity index (χ3n) is 1.69. The highest BCUT2D eigenvalue weighted by molar-refractivity contribution is 5.96. The second kappa shape index (κ2) is 4.61. The van der Waals surface area contributed by atoms with Gasteiger partial charge in [0.1, 0.15) is 0 Å². The molecule has 1 aromatic rings. The van der Waals surface area contributed by atoms with Gasteiger partial charge in [-0.15, -0.1) is 0 Å². The predicted octanol–water partition coefficient (Wildman–Crippen LogP) is -0.885. The molecule has 0 aliphatic heterocycles. The first kappa shape index (κ1) is 10.5. The number of nitrogen functional groups attached to an aromatic ring is 1. The Morgan fingerprint density at radius 1 is 1.79 bits per heavy atom. The van der Waals surface area contributed by atoms with E-state index in [1.165, 1.54) is 4.68 Å². The van der Waals surface area contributed by atoms with E-state index in [9.17, 15) is 4.79 Å². The molecule has 0 saturated carbocycles. The lowest BCUT2D eigenvalue weighted by atomic mass is 10.3. The Labute approximate surface area is 81.7 Å². The quantitative estimate of drug-likeness (QED) is 0.547. The minimum absolute atomic E-state index is 0.0536. The maximum atomic E-state index is 11.4. The molecule has 0 radical (unpaired) electrons. The van der Waals surface area contributed by atoms with Crippen LogP contribution in [0.4, 0.5) is 5.69 Å². The van der Waals surface area contributed by atoms with E-state index in [4.69, 9.17) is 10.8 Å². The SMILES string of the molecule is Cn1cc(N)c(C(=O)NCCCO)n1. The molecule has 1 heterocycles. The van der Waals surface area contributed by atoms with Crippen LogP contribution in [0, 0.1) is 0 Å². The highest BCUT2D eigenvalue weighted by Gasteiger charge is 2.12. The molecule has 0 spiro atoms. The van der Waals surface area contributed by atoms with Gasteiger partial charge in [-0.25, -0.2) is 0 Å². The fraction of sp³-hybridized carbons (Fsp3) is 0.500. The summed E-state index contributed by atoms with van der Waals surface area (Å²) < 4.78 is 1.48. The van der Waals surface area contributed by atoms with Crippen LogP contribution in [-0.2, 0) is 7.05 Å². The van der Waals surface area contributed by atoms with Gasteiger partial charge in [0.15, 0.2) is 5.69 Å². The Kier molecular flexibility index (Phi) is 3.47. The van der Waals surface area contributed by atoms with Crippen molar-refractivity contribution in [1.82, 2.24) is 15.1 Å². The molecular weight excluding hydrogens is 184 g/mol. The third-order valence-corrected chi connectivity index (χ3v) is 1.69. The van der Waals surface area contributed by atoms with Crippen LogP contribution in [0.25, 0.3) is 0 Å². The van der Waals surface area contributed by atoms with Gasteiger partial charge in [0.05, 0.1) is 5.69 Å². The first-order valence-corrected chi connectivity index (χ1v) is 4.33. The summed E-state index contributed by atoms with van der Waals surface area (Å²) in [6.07, 6.45) is 2.10. The molecule has 0 aliphatic rings. The molecule has 0 aromatic carbocycles. The van der Waals surface area contributed by atoms with Gasteiger partial charge in [0.25, 0.3) is 5.91 Å². The number of carbonyl (C=O) groups excluding carboxylic acids is 1. The Hall–Kier alpha value is -1.56. The molecule has 1 rings (SSSR count). The van der Waals surface area contributed by atoms with Crippen LogP contribution in [-0.4, -0.2) is 33.9 Å². The highest BCUT2D eigenvalue weighted by atomic mass is 16.3. The van der Waals surface area contributed by atoms with Crippen LogP contribution in [0.15, 0.2) is 6.20 Å². The molecule has 0 fully saturated rings. The summed E-state index contributed by atoms with van der Waals surface area (Å²) in [4.78, 5) is 11.4. The number of aliphatic hydroxyl groups excluding tert-OH is 1. The number of aromatic nitrogens is 2. The maximum absolute atomic E-state index is 11.4. The Morgan fingerprint density at radius 3 is 3.00 bits per heavy atom. The summed E-state index contributed by atoms with van der Waals surface area (Å²) in [7, 11) is 1.70. The Balaban J connectivity index is 2.56. The fourth-order valence-corrected chi connectivity index (χ4v) is 1.05. The van der Waals surface area contributed by atoms with Crippen molar-refractivity contribution in [2.24, 2.45) is 7.05 Å². The summed E-state index contributed by atoms with van der Waals surface area (Å²) >= 11 is 0. The molecule has 0 bridgehead atoms. The minimum atomic E-state index is -0.309. The number of hydrogen-bond acceptors (Lipinski definition) is 4. The summed E-state index contributed by atoms with van der Waals surface area (Å²) in [6, 6.07) is 0. The maximum Gasteiger partial charge on any atom is 0.273 e. The van der Waals surface area contributed by atoms with Gasteiger partial charge < -0.3 is 16.2 Å². The molecule has 6 nitrogen and oxygen atoms in total. The highest BCUT2D eigenvalue weighted by Crippen LogP contribution is 2.06. The zero-order chi connectivity index (χ0) is 10.6. The number of nitrogens with one attached hydrogen (secondary N) is 1. The number of carbonyl (C=O) groups is 1. The van der Waals surface area contributed by atoms with Crippen molar-refractivity contribution in [2.45, 2.75) is 6.42 Å². The van der Waals surface area contributed by atoms with E-state index >= 15 is 0 Å². The molecular formula is C8H14N4O2. The van der Waals surface area contributed by atoms with E-state index in [1.54, 1.807) is 13.2 Å². The third kappa shape index (κ3) is 2.46. The number of rotatable bonds is 4. The molecule has 4 N–H and O–H groups in total. The van der Waals surface area contributed by atoms with Crippen molar-refractivity contribution >= 4 is 11.6 Å². The lowest BCUT2D eigenvalue weighted by molar-refractivity contribution is 0.0946. The molecule has 0 unspecified atom stereocenters. The molecule has 0 aliphatic carbocycles. The van der Waals surface area contributed by atoms with E-state index in [2.05, 4.69) is 10.4 Å². The van der Waals surface area contributed by atoms with E-state index in [0.29, 0.717) is 18.7 Å². The number of hydrogen-bond donors (Lipinski definition) is 3. The van der Waals surface area contributed by atoms with Crippen LogP contribution in [0.1, 0.15) is 16.9 Å².